The van der Waals surface area contributed by atoms with Crippen LogP contribution >= 0.6 is 15.9 Å². The molecule has 2 rings (SSSR count). The van der Waals surface area contributed by atoms with E-state index in [4.69, 9.17) is 5.73 Å². The van der Waals surface area contributed by atoms with E-state index in [1.807, 2.05) is 12.3 Å². The van der Waals surface area contributed by atoms with Crippen molar-refractivity contribution >= 4 is 21.7 Å². The molecule has 0 amide bonds. The number of rotatable bonds is 2. The van der Waals surface area contributed by atoms with Gasteiger partial charge in [-0.25, -0.2) is 4.98 Å². The topological polar surface area (TPSA) is 42.1 Å². The third-order valence-corrected chi connectivity index (χ3v) is 3.79. The number of piperidine rings is 1. The van der Waals surface area contributed by atoms with Crippen LogP contribution in [0.5, 0.6) is 0 Å². The molecular formula is C12H18BrN3. The van der Waals surface area contributed by atoms with Gasteiger partial charge in [0.05, 0.1) is 0 Å². The smallest absolute Gasteiger partial charge is 0.128 e. The first-order valence-corrected chi connectivity index (χ1v) is 6.58. The minimum absolute atomic E-state index is 0.319. The predicted octanol–water partition coefficient (Wildman–Crippen LogP) is 2.41. The minimum atomic E-state index is 0.319. The number of nitrogens with two attached hydrogens (primary N) is 1. The quantitative estimate of drug-likeness (QED) is 0.906. The summed E-state index contributed by atoms with van der Waals surface area (Å²) in [6.45, 7) is 4.25. The molecule has 2 N–H and O–H groups in total. The Kier molecular flexibility index (Phi) is 3.82. The molecule has 16 heavy (non-hydrogen) atoms. The molecule has 1 aromatic rings. The molecule has 1 unspecified atom stereocenters. The van der Waals surface area contributed by atoms with Gasteiger partial charge < -0.3 is 10.6 Å². The maximum absolute atomic E-state index is 5.93. The Labute approximate surface area is 105 Å². The van der Waals surface area contributed by atoms with Crippen LogP contribution in [0.15, 0.2) is 22.8 Å². The molecule has 4 heteroatoms. The fraction of sp³-hybridized carbons (Fsp3) is 0.583. The Bertz CT molecular complexity index is 329. The van der Waals surface area contributed by atoms with E-state index < -0.39 is 0 Å². The predicted molar refractivity (Wildman–Crippen MR) is 70.5 cm³/mol. The van der Waals surface area contributed by atoms with Crippen LogP contribution in [-0.2, 0) is 0 Å². The highest BCUT2D eigenvalue weighted by molar-refractivity contribution is 9.10. The summed E-state index contributed by atoms with van der Waals surface area (Å²) in [6, 6.07) is 4.43. The number of halogens is 1. The third-order valence-electron chi connectivity index (χ3n) is 3.32. The second-order valence-electron chi connectivity index (χ2n) is 4.52. The zero-order valence-corrected chi connectivity index (χ0v) is 11.2. The van der Waals surface area contributed by atoms with Crippen LogP contribution in [0.1, 0.15) is 19.8 Å². The van der Waals surface area contributed by atoms with Gasteiger partial charge in [0.2, 0.25) is 0 Å². The van der Waals surface area contributed by atoms with Gasteiger partial charge in [0.1, 0.15) is 5.82 Å². The maximum atomic E-state index is 5.93. The summed E-state index contributed by atoms with van der Waals surface area (Å²) in [5.41, 5.74) is 5.93. The van der Waals surface area contributed by atoms with E-state index in [2.05, 4.69) is 38.8 Å². The van der Waals surface area contributed by atoms with E-state index in [-0.39, 0.29) is 0 Å². The van der Waals surface area contributed by atoms with Crippen LogP contribution in [0.2, 0.25) is 0 Å². The lowest BCUT2D eigenvalue weighted by atomic mass is 9.91. The van der Waals surface area contributed by atoms with E-state index in [0.29, 0.717) is 12.0 Å². The van der Waals surface area contributed by atoms with Crippen LogP contribution in [0.3, 0.4) is 0 Å². The van der Waals surface area contributed by atoms with Crippen molar-refractivity contribution in [2.75, 3.05) is 18.0 Å². The average Bonchev–Trinajstić information content (AvgIpc) is 2.30. The van der Waals surface area contributed by atoms with Crippen LogP contribution in [0.25, 0.3) is 0 Å². The highest BCUT2D eigenvalue weighted by atomic mass is 79.9. The number of nitrogens with zero attached hydrogens (tertiary/aromatic N) is 2. The maximum Gasteiger partial charge on any atom is 0.128 e. The highest BCUT2D eigenvalue weighted by Crippen LogP contribution is 2.23. The molecule has 1 aliphatic heterocycles. The van der Waals surface area contributed by atoms with E-state index >= 15 is 0 Å². The summed E-state index contributed by atoms with van der Waals surface area (Å²) in [6.07, 6.45) is 4.21. The SMILES string of the molecule is CC(N)C1CCN(c2ccc(Br)cn2)CC1. The summed E-state index contributed by atoms with van der Waals surface area (Å²) in [7, 11) is 0. The first kappa shape index (κ1) is 11.9. The number of hydrogen-bond donors (Lipinski definition) is 1. The first-order chi connectivity index (χ1) is 7.66. The van der Waals surface area contributed by atoms with Gasteiger partial charge in [0.15, 0.2) is 0 Å². The van der Waals surface area contributed by atoms with Gasteiger partial charge in [-0.1, -0.05) is 0 Å². The minimum Gasteiger partial charge on any atom is -0.357 e. The summed E-state index contributed by atoms with van der Waals surface area (Å²) in [5.74, 6) is 1.75. The lowest BCUT2D eigenvalue weighted by Gasteiger charge is -2.34. The Balaban J connectivity index is 1.96. The fourth-order valence-electron chi connectivity index (χ4n) is 2.21. The molecule has 1 fully saturated rings. The molecule has 3 nitrogen and oxygen atoms in total. The second kappa shape index (κ2) is 5.15. The Morgan fingerprint density at radius 3 is 2.62 bits per heavy atom. The summed E-state index contributed by atoms with van der Waals surface area (Å²) in [5, 5.41) is 0. The number of aromatic nitrogens is 1. The molecule has 0 saturated carbocycles. The van der Waals surface area contributed by atoms with Gasteiger partial charge in [-0.3, -0.25) is 0 Å². The second-order valence-corrected chi connectivity index (χ2v) is 5.43. The van der Waals surface area contributed by atoms with E-state index in [1.165, 1.54) is 12.8 Å². The van der Waals surface area contributed by atoms with Crippen molar-refractivity contribution < 1.29 is 0 Å². The van der Waals surface area contributed by atoms with Gasteiger partial charge in [-0.2, -0.15) is 0 Å². The van der Waals surface area contributed by atoms with E-state index in [9.17, 15) is 0 Å². The van der Waals surface area contributed by atoms with Gasteiger partial charge in [-0.05, 0) is 53.7 Å². The van der Waals surface area contributed by atoms with Crippen molar-refractivity contribution in [2.45, 2.75) is 25.8 Å². The largest absolute Gasteiger partial charge is 0.357 e. The summed E-state index contributed by atoms with van der Waals surface area (Å²) in [4.78, 5) is 6.76. The van der Waals surface area contributed by atoms with Crippen molar-refractivity contribution in [3.05, 3.63) is 22.8 Å². The summed E-state index contributed by atoms with van der Waals surface area (Å²) < 4.78 is 1.03. The molecule has 1 aromatic heterocycles. The van der Waals surface area contributed by atoms with Crippen molar-refractivity contribution in [3.8, 4) is 0 Å². The van der Waals surface area contributed by atoms with Gasteiger partial charge in [0.25, 0.3) is 0 Å². The van der Waals surface area contributed by atoms with E-state index in [1.54, 1.807) is 0 Å². The van der Waals surface area contributed by atoms with Gasteiger partial charge >= 0.3 is 0 Å². The first-order valence-electron chi connectivity index (χ1n) is 5.79. The normalized spacial score (nSPS) is 19.8. The van der Waals surface area contributed by atoms with Crippen LogP contribution in [-0.4, -0.2) is 24.1 Å². The number of anilines is 1. The molecule has 0 radical (unpaired) electrons. The van der Waals surface area contributed by atoms with Gasteiger partial charge in [0, 0.05) is 29.8 Å². The molecular weight excluding hydrogens is 266 g/mol. The van der Waals surface area contributed by atoms with Crippen LogP contribution in [0, 0.1) is 5.92 Å². The number of hydrogen-bond acceptors (Lipinski definition) is 3. The molecule has 1 aliphatic rings. The van der Waals surface area contributed by atoms with Crippen molar-refractivity contribution in [1.29, 1.82) is 0 Å². The van der Waals surface area contributed by atoms with Crippen molar-refractivity contribution in [2.24, 2.45) is 11.7 Å². The Hall–Kier alpha value is -0.610. The third kappa shape index (κ3) is 2.74. The van der Waals surface area contributed by atoms with E-state index in [0.717, 1.165) is 23.4 Å². The average molecular weight is 284 g/mol. The van der Waals surface area contributed by atoms with Crippen molar-refractivity contribution in [1.82, 2.24) is 4.98 Å². The molecule has 1 saturated heterocycles. The molecule has 2 heterocycles. The monoisotopic (exact) mass is 283 g/mol. The zero-order valence-electron chi connectivity index (χ0n) is 9.56. The highest BCUT2D eigenvalue weighted by Gasteiger charge is 2.22. The molecule has 0 aliphatic carbocycles. The summed E-state index contributed by atoms with van der Waals surface area (Å²) >= 11 is 3.40. The lowest BCUT2D eigenvalue weighted by Crippen LogP contribution is -2.40. The number of pyridine rings is 1. The lowest BCUT2D eigenvalue weighted by molar-refractivity contribution is 0.353. The molecule has 1 atom stereocenters. The Morgan fingerprint density at radius 1 is 1.44 bits per heavy atom. The Morgan fingerprint density at radius 2 is 2.12 bits per heavy atom. The van der Waals surface area contributed by atoms with Crippen LogP contribution < -0.4 is 10.6 Å². The molecule has 0 bridgehead atoms. The van der Waals surface area contributed by atoms with Crippen molar-refractivity contribution in [3.63, 3.8) is 0 Å². The standard InChI is InChI=1S/C12H18BrN3/c1-9(14)10-4-6-16(7-5-10)12-3-2-11(13)8-15-12/h2-3,8-10H,4-7,14H2,1H3. The molecule has 0 spiro atoms. The molecule has 88 valence electrons. The zero-order chi connectivity index (χ0) is 11.5. The van der Waals surface area contributed by atoms with Gasteiger partial charge in [-0.15, -0.1) is 0 Å². The fourth-order valence-corrected chi connectivity index (χ4v) is 2.44. The molecule has 0 aromatic carbocycles. The van der Waals surface area contributed by atoms with Crippen LogP contribution in [0.4, 0.5) is 5.82 Å².